The maximum atomic E-state index is 15.4. The van der Waals surface area contributed by atoms with Crippen molar-refractivity contribution in [3.8, 4) is 17.2 Å². The molecule has 3 aromatic rings. The quantitative estimate of drug-likeness (QED) is 0.249. The van der Waals surface area contributed by atoms with Crippen LogP contribution in [0.4, 0.5) is 0 Å². The molecule has 0 radical (unpaired) electrons. The van der Waals surface area contributed by atoms with E-state index in [1.807, 2.05) is 0 Å². The summed E-state index contributed by atoms with van der Waals surface area (Å²) in [5.74, 6) is -14.0. The monoisotopic (exact) mass is 1120 g/mol. The number of aliphatic hydroxyl groups is 1. The Kier molecular flexibility index (Phi) is 15.7. The minimum atomic E-state index is -3.07. The first-order valence-electron chi connectivity index (χ1n) is 25.4. The molecule has 430 valence electrons. The second kappa shape index (κ2) is 21.6. The van der Waals surface area contributed by atoms with Gasteiger partial charge < -0.3 is 66.7 Å². The van der Waals surface area contributed by atoms with Crippen molar-refractivity contribution in [1.82, 2.24) is 9.97 Å². The molecule has 25 heteroatoms. The summed E-state index contributed by atoms with van der Waals surface area (Å²) in [6.07, 6.45) is -10.4. The van der Waals surface area contributed by atoms with Crippen LogP contribution in [0.1, 0.15) is 124 Å². The molecule has 0 unspecified atom stereocenters. The third-order valence-corrected chi connectivity index (χ3v) is 15.6. The van der Waals surface area contributed by atoms with Crippen molar-refractivity contribution in [2.45, 2.75) is 147 Å². The van der Waals surface area contributed by atoms with Gasteiger partial charge in [0.1, 0.15) is 48.6 Å². The van der Waals surface area contributed by atoms with E-state index in [0.717, 1.165) is 54.7 Å². The molecule has 8 bridgehead atoms. The maximum absolute atomic E-state index is 15.4. The molecular weight excluding hydrogens is 1060 g/mol. The lowest BCUT2D eigenvalue weighted by Crippen LogP contribution is -2.89. The van der Waals surface area contributed by atoms with E-state index in [1.54, 1.807) is 13.8 Å². The number of hydrogen-bond acceptors (Lipinski definition) is 25. The summed E-state index contributed by atoms with van der Waals surface area (Å²) in [6.45, 7) is 9.11. The molecule has 6 heterocycles. The van der Waals surface area contributed by atoms with Crippen LogP contribution in [0.5, 0.6) is 17.2 Å². The van der Waals surface area contributed by atoms with Gasteiger partial charge in [-0.1, -0.05) is 13.8 Å². The van der Waals surface area contributed by atoms with Crippen LogP contribution in [0.3, 0.4) is 0 Å². The molecule has 1 N–H and O–H groups in total. The average Bonchev–Trinajstić information content (AvgIpc) is 1.84. The van der Waals surface area contributed by atoms with Crippen LogP contribution in [0.15, 0.2) is 48.9 Å². The summed E-state index contributed by atoms with van der Waals surface area (Å²) in [5.41, 5.74) is -14.1. The Hall–Kier alpha value is -7.93. The van der Waals surface area contributed by atoms with E-state index in [1.165, 1.54) is 63.9 Å². The number of aromatic nitrogens is 2. The largest absolute Gasteiger partial charge is 0.493 e. The van der Waals surface area contributed by atoms with E-state index in [9.17, 15) is 33.9 Å². The third-order valence-electron chi connectivity index (χ3n) is 15.6. The van der Waals surface area contributed by atoms with Gasteiger partial charge in [-0.15, -0.1) is 0 Å². The van der Waals surface area contributed by atoms with Gasteiger partial charge in [0.05, 0.1) is 42.5 Å². The molecule has 2 aromatic heterocycles. The van der Waals surface area contributed by atoms with Crippen LogP contribution in [0.2, 0.25) is 0 Å². The molecule has 13 atom stereocenters. The van der Waals surface area contributed by atoms with E-state index in [-0.39, 0.29) is 45.2 Å². The van der Waals surface area contributed by atoms with E-state index in [0.29, 0.717) is 0 Å². The molecule has 0 amide bonds. The Morgan fingerprint density at radius 3 is 1.99 bits per heavy atom. The number of hydrogen-bond donors (Lipinski definition) is 1. The number of methoxy groups -OCH3 is 2. The predicted molar refractivity (Wildman–Crippen MR) is 265 cm³/mol. The molecule has 2 aliphatic carbocycles. The van der Waals surface area contributed by atoms with Crippen LogP contribution < -0.4 is 14.2 Å². The minimum Gasteiger partial charge on any atom is -0.493 e. The minimum absolute atomic E-state index is 0.0510. The van der Waals surface area contributed by atoms with Crippen molar-refractivity contribution in [2.75, 3.05) is 27.4 Å². The summed E-state index contributed by atoms with van der Waals surface area (Å²) in [4.78, 5) is 138. The van der Waals surface area contributed by atoms with Gasteiger partial charge in [0.25, 0.3) is 0 Å². The van der Waals surface area contributed by atoms with Crippen molar-refractivity contribution in [3.63, 3.8) is 0 Å². The highest BCUT2D eigenvalue weighted by atomic mass is 16.7. The van der Waals surface area contributed by atoms with Crippen LogP contribution >= 0.6 is 0 Å². The van der Waals surface area contributed by atoms with Gasteiger partial charge in [-0.25, -0.2) is 19.2 Å². The lowest BCUT2D eigenvalue weighted by molar-refractivity contribution is -0.386. The molecule has 2 saturated carbocycles. The topological polar surface area (TPSA) is 320 Å². The SMILES string of the molecule is COc1cc2cc(OC)c1OCc1ccncc1C(=O)OC[C@]13[C@H](OC(=O)C(C)(C)OC(C)=O)[C@H](OC2=O)[C@@H]2[C@@H](OC(C)=O)[C@@]14O[C@@]2(C)COC(=O)c1cccnc1[C@@H](C)[C@H](C)CC(=O)O[C@@H]([C@H](OC(C)=O)[C@@H]3OC(C)=O)[C@]4(C)O. The Balaban J connectivity index is 1.56. The second-order valence-corrected chi connectivity index (χ2v) is 21.3. The van der Waals surface area contributed by atoms with Gasteiger partial charge in [-0.2, -0.15) is 0 Å². The van der Waals surface area contributed by atoms with Gasteiger partial charge in [-0.05, 0) is 63.9 Å². The molecule has 2 spiro atoms. The van der Waals surface area contributed by atoms with Crippen molar-refractivity contribution in [2.24, 2.45) is 17.3 Å². The Morgan fingerprint density at radius 1 is 0.738 bits per heavy atom. The average molecular weight is 1120 g/mol. The molecule has 4 aliphatic heterocycles. The van der Waals surface area contributed by atoms with Crippen LogP contribution in [-0.2, 0) is 82.7 Å². The van der Waals surface area contributed by atoms with Crippen LogP contribution in [-0.4, -0.2) is 155 Å². The number of benzene rings is 1. The molecule has 6 aliphatic rings. The Morgan fingerprint density at radius 2 is 1.36 bits per heavy atom. The number of pyridine rings is 2. The van der Waals surface area contributed by atoms with Gasteiger partial charge in [0.2, 0.25) is 11.4 Å². The van der Waals surface area contributed by atoms with Gasteiger partial charge in [0, 0.05) is 64.2 Å². The summed E-state index contributed by atoms with van der Waals surface area (Å²) in [6, 6.07) is 6.72. The summed E-state index contributed by atoms with van der Waals surface area (Å²) >= 11 is 0. The number of carbonyl (C=O) groups is 9. The van der Waals surface area contributed by atoms with E-state index in [2.05, 4.69) is 9.97 Å². The lowest BCUT2D eigenvalue weighted by Gasteiger charge is -2.67. The maximum Gasteiger partial charge on any atom is 0.350 e. The lowest BCUT2D eigenvalue weighted by atomic mass is 9.45. The summed E-state index contributed by atoms with van der Waals surface area (Å²) < 4.78 is 80.9. The van der Waals surface area contributed by atoms with E-state index >= 15 is 14.4 Å². The predicted octanol–water partition coefficient (Wildman–Crippen LogP) is 3.64. The fourth-order valence-electron chi connectivity index (χ4n) is 12.0. The molecule has 9 rings (SSSR count). The first-order valence-corrected chi connectivity index (χ1v) is 25.4. The zero-order valence-corrected chi connectivity index (χ0v) is 46.0. The smallest absolute Gasteiger partial charge is 0.350 e. The van der Waals surface area contributed by atoms with Crippen molar-refractivity contribution >= 4 is 53.7 Å². The highest BCUT2D eigenvalue weighted by molar-refractivity contribution is 5.93. The van der Waals surface area contributed by atoms with Crippen LogP contribution in [0, 0.1) is 17.3 Å². The zero-order valence-electron chi connectivity index (χ0n) is 46.0. The molecule has 3 fully saturated rings. The third kappa shape index (κ3) is 9.87. The Bertz CT molecular complexity index is 3000. The van der Waals surface area contributed by atoms with Crippen molar-refractivity contribution < 1.29 is 110 Å². The first kappa shape index (κ1) is 58.2. The molecular formula is C55H62N2O23. The van der Waals surface area contributed by atoms with Gasteiger partial charge >= 0.3 is 53.7 Å². The zero-order chi connectivity index (χ0) is 58.6. The number of ether oxygens (including phenoxy) is 13. The fraction of sp³-hybridized carbons (Fsp3) is 0.545. The van der Waals surface area contributed by atoms with Crippen LogP contribution in [0.25, 0.3) is 0 Å². The van der Waals surface area contributed by atoms with E-state index in [4.69, 9.17) is 61.6 Å². The molecule has 80 heavy (non-hydrogen) atoms. The standard InChI is InChI=1S/C55H62N2O23/c1-25-18-37(62)76-44-42(73-27(3)58)46(75-29(5)60)54-24-72-49(65)34-21-56-17-15-31(34)22-70-40-35(68-11)19-32(20-36(40)69-12)47(63)77-41(45(54)78-50(66)51(7,8)79-30(6)61)38-43(74-28(4)59)55(54,53(44,10)67)80-52(38,9)23-71-48(64)33-14-13-16-57-39(33)26(25)2/h13-17,19-21,25-26,38,41-46,67H,18,22-24H2,1-12H3/t25-,26+,38-,41-,42+,43-,44+,45-,46+,52+,53+,54-,55+/m1/s1. The Labute approximate surface area is 458 Å². The normalized spacial score (nSPS) is 32.0. The summed E-state index contributed by atoms with van der Waals surface area (Å²) in [5, 5.41) is 14.2. The molecule has 25 nitrogen and oxygen atoms in total. The second-order valence-electron chi connectivity index (χ2n) is 21.3. The highest BCUT2D eigenvalue weighted by Gasteiger charge is 2.92. The molecule has 1 saturated heterocycles. The van der Waals surface area contributed by atoms with Gasteiger partial charge in [-0.3, -0.25) is 33.9 Å². The highest BCUT2D eigenvalue weighted by Crippen LogP contribution is 2.70. The van der Waals surface area contributed by atoms with Gasteiger partial charge in [0.15, 0.2) is 41.5 Å². The number of esters is 9. The number of nitrogens with zero attached hydrogens (tertiary/aromatic N) is 2. The van der Waals surface area contributed by atoms with E-state index < -0.39 is 162 Å². The first-order chi connectivity index (χ1) is 37.6. The number of carbonyl (C=O) groups excluding carboxylic acids is 9. The number of rotatable bonds is 8. The molecule has 1 aromatic carbocycles. The fourth-order valence-corrected chi connectivity index (χ4v) is 12.0. The number of cyclic esters (lactones) is 1. The number of fused-ring (bicyclic) bond motifs is 11. The van der Waals surface area contributed by atoms with Crippen molar-refractivity contribution in [3.05, 3.63) is 76.9 Å². The van der Waals surface area contributed by atoms with Crippen molar-refractivity contribution in [1.29, 1.82) is 0 Å². The summed E-state index contributed by atoms with van der Waals surface area (Å²) in [7, 11) is 2.52.